The maximum absolute atomic E-state index is 13.2. The minimum absolute atomic E-state index is 0.121. The van der Waals surface area contributed by atoms with Crippen molar-refractivity contribution in [2.24, 2.45) is 0 Å². The average molecular weight is 387 g/mol. The van der Waals surface area contributed by atoms with Gasteiger partial charge in [-0.3, -0.25) is 14.5 Å². The SMILES string of the molecule is Cc1ccc2c(c1)N(CC(=O)N[C@H](C)c1ccccc1)C(=O)c1cccnc1O2. The molecule has 0 saturated carbocycles. The summed E-state index contributed by atoms with van der Waals surface area (Å²) < 4.78 is 5.88. The minimum Gasteiger partial charge on any atom is -0.436 e. The first kappa shape index (κ1) is 18.7. The Morgan fingerprint density at radius 2 is 1.93 bits per heavy atom. The van der Waals surface area contributed by atoms with Gasteiger partial charge in [-0.2, -0.15) is 0 Å². The molecular weight excluding hydrogens is 366 g/mol. The van der Waals surface area contributed by atoms with Gasteiger partial charge in [-0.15, -0.1) is 0 Å². The number of amides is 2. The van der Waals surface area contributed by atoms with Crippen LogP contribution >= 0.6 is 0 Å². The topological polar surface area (TPSA) is 71.5 Å². The monoisotopic (exact) mass is 387 g/mol. The molecule has 1 aromatic heterocycles. The molecule has 6 heteroatoms. The molecule has 1 aliphatic heterocycles. The first-order chi connectivity index (χ1) is 14.0. The summed E-state index contributed by atoms with van der Waals surface area (Å²) in [7, 11) is 0. The summed E-state index contributed by atoms with van der Waals surface area (Å²) in [5.74, 6) is 0.155. The largest absolute Gasteiger partial charge is 0.436 e. The van der Waals surface area contributed by atoms with E-state index < -0.39 is 0 Å². The van der Waals surface area contributed by atoms with Gasteiger partial charge in [-0.05, 0) is 49.2 Å². The zero-order chi connectivity index (χ0) is 20.4. The Kier molecular flexibility index (Phi) is 4.99. The predicted octanol–water partition coefficient (Wildman–Crippen LogP) is 4.02. The highest BCUT2D eigenvalue weighted by Crippen LogP contribution is 2.38. The fourth-order valence-electron chi connectivity index (χ4n) is 3.33. The molecule has 0 unspecified atom stereocenters. The summed E-state index contributed by atoms with van der Waals surface area (Å²) in [6.07, 6.45) is 1.57. The molecule has 2 aromatic carbocycles. The van der Waals surface area contributed by atoms with Crippen LogP contribution in [0.5, 0.6) is 11.6 Å². The van der Waals surface area contributed by atoms with Crippen LogP contribution in [0.15, 0.2) is 66.9 Å². The van der Waals surface area contributed by atoms with E-state index in [0.717, 1.165) is 11.1 Å². The second-order valence-electron chi connectivity index (χ2n) is 7.02. The van der Waals surface area contributed by atoms with Crippen LogP contribution in [0.3, 0.4) is 0 Å². The zero-order valence-electron chi connectivity index (χ0n) is 16.3. The molecule has 1 aliphatic rings. The number of carbonyl (C=O) groups excluding carboxylic acids is 2. The Morgan fingerprint density at radius 1 is 1.14 bits per heavy atom. The lowest BCUT2D eigenvalue weighted by atomic mass is 10.1. The summed E-state index contributed by atoms with van der Waals surface area (Å²) in [6, 6.07) is 18.4. The van der Waals surface area contributed by atoms with E-state index >= 15 is 0 Å². The molecule has 1 N–H and O–H groups in total. The van der Waals surface area contributed by atoms with Gasteiger partial charge >= 0.3 is 0 Å². The van der Waals surface area contributed by atoms with Gasteiger partial charge in [0.25, 0.3) is 5.91 Å². The number of ether oxygens (including phenoxy) is 1. The van der Waals surface area contributed by atoms with Crippen LogP contribution in [-0.2, 0) is 4.79 Å². The Hall–Kier alpha value is -3.67. The van der Waals surface area contributed by atoms with E-state index in [2.05, 4.69) is 10.3 Å². The van der Waals surface area contributed by atoms with Crippen LogP contribution in [0.2, 0.25) is 0 Å². The van der Waals surface area contributed by atoms with Gasteiger partial charge in [0.2, 0.25) is 11.8 Å². The average Bonchev–Trinajstić information content (AvgIpc) is 2.84. The van der Waals surface area contributed by atoms with Crippen LogP contribution in [0.25, 0.3) is 0 Å². The summed E-state index contributed by atoms with van der Waals surface area (Å²) >= 11 is 0. The van der Waals surface area contributed by atoms with Crippen molar-refractivity contribution in [3.63, 3.8) is 0 Å². The van der Waals surface area contributed by atoms with Crippen molar-refractivity contribution in [3.8, 4) is 11.6 Å². The molecule has 1 atom stereocenters. The number of rotatable bonds is 4. The van der Waals surface area contributed by atoms with Crippen LogP contribution in [0, 0.1) is 6.92 Å². The van der Waals surface area contributed by atoms with E-state index in [-0.39, 0.29) is 30.3 Å². The maximum Gasteiger partial charge on any atom is 0.264 e. The number of nitrogens with zero attached hydrogens (tertiary/aromatic N) is 2. The minimum atomic E-state index is -0.319. The van der Waals surface area contributed by atoms with E-state index in [1.165, 1.54) is 4.90 Å². The van der Waals surface area contributed by atoms with E-state index in [0.29, 0.717) is 17.0 Å². The zero-order valence-corrected chi connectivity index (χ0v) is 16.3. The van der Waals surface area contributed by atoms with Gasteiger partial charge in [0.15, 0.2) is 5.75 Å². The highest BCUT2D eigenvalue weighted by Gasteiger charge is 2.30. The van der Waals surface area contributed by atoms with Crippen molar-refractivity contribution < 1.29 is 14.3 Å². The van der Waals surface area contributed by atoms with Gasteiger partial charge in [-0.25, -0.2) is 4.98 Å². The molecule has 4 rings (SSSR count). The van der Waals surface area contributed by atoms with Crippen LogP contribution < -0.4 is 15.0 Å². The second-order valence-corrected chi connectivity index (χ2v) is 7.02. The molecule has 0 saturated heterocycles. The number of aromatic nitrogens is 1. The molecule has 6 nitrogen and oxygen atoms in total. The van der Waals surface area contributed by atoms with Crippen molar-refractivity contribution in [3.05, 3.63) is 83.6 Å². The van der Waals surface area contributed by atoms with Crippen molar-refractivity contribution in [2.45, 2.75) is 19.9 Å². The normalized spacial score (nSPS) is 13.6. The Bertz CT molecular complexity index is 1070. The summed E-state index contributed by atoms with van der Waals surface area (Å²) in [4.78, 5) is 31.7. The third-order valence-electron chi connectivity index (χ3n) is 4.84. The van der Waals surface area contributed by atoms with Gasteiger partial charge in [0.05, 0.1) is 11.7 Å². The molecule has 29 heavy (non-hydrogen) atoms. The first-order valence-corrected chi connectivity index (χ1v) is 9.42. The summed E-state index contributed by atoms with van der Waals surface area (Å²) in [5, 5.41) is 2.96. The molecule has 2 heterocycles. The number of nitrogens with one attached hydrogen (secondary N) is 1. The van der Waals surface area contributed by atoms with Gasteiger partial charge in [-0.1, -0.05) is 36.4 Å². The number of aryl methyl sites for hydroxylation is 1. The third kappa shape index (κ3) is 3.82. The molecule has 0 aliphatic carbocycles. The van der Waals surface area contributed by atoms with E-state index in [4.69, 9.17) is 4.74 Å². The standard InChI is InChI=1S/C23H21N3O3/c1-15-10-11-20-19(13-15)26(23(28)18-9-6-12-24-22(18)29-20)14-21(27)25-16(2)17-7-4-3-5-8-17/h3-13,16H,14H2,1-2H3,(H,25,27)/t16-/m1/s1. The summed E-state index contributed by atoms with van der Waals surface area (Å²) in [6.45, 7) is 3.72. The Balaban J connectivity index is 1.64. The Morgan fingerprint density at radius 3 is 2.72 bits per heavy atom. The van der Waals surface area contributed by atoms with E-state index in [1.807, 2.05) is 56.3 Å². The highest BCUT2D eigenvalue weighted by molar-refractivity contribution is 6.11. The lowest BCUT2D eigenvalue weighted by Gasteiger charge is -2.23. The second kappa shape index (κ2) is 7.75. The van der Waals surface area contributed by atoms with Crippen LogP contribution in [0.1, 0.15) is 34.5 Å². The highest BCUT2D eigenvalue weighted by atomic mass is 16.5. The molecule has 0 radical (unpaired) electrons. The molecule has 146 valence electrons. The van der Waals surface area contributed by atoms with Crippen LogP contribution in [0.4, 0.5) is 5.69 Å². The van der Waals surface area contributed by atoms with Crippen molar-refractivity contribution in [1.29, 1.82) is 0 Å². The number of carbonyl (C=O) groups is 2. The quantitative estimate of drug-likeness (QED) is 0.734. The van der Waals surface area contributed by atoms with E-state index in [1.54, 1.807) is 24.4 Å². The molecule has 3 aromatic rings. The lowest BCUT2D eigenvalue weighted by molar-refractivity contribution is -0.120. The van der Waals surface area contributed by atoms with Crippen molar-refractivity contribution in [2.75, 3.05) is 11.4 Å². The first-order valence-electron chi connectivity index (χ1n) is 9.42. The number of hydrogen-bond acceptors (Lipinski definition) is 4. The molecule has 0 fully saturated rings. The predicted molar refractivity (Wildman–Crippen MR) is 110 cm³/mol. The third-order valence-corrected chi connectivity index (χ3v) is 4.84. The van der Waals surface area contributed by atoms with Gasteiger partial charge in [0.1, 0.15) is 12.1 Å². The lowest BCUT2D eigenvalue weighted by Crippen LogP contribution is -2.41. The summed E-state index contributed by atoms with van der Waals surface area (Å²) in [5.41, 5.74) is 2.83. The number of pyridine rings is 1. The number of fused-ring (bicyclic) bond motifs is 2. The molecule has 0 bridgehead atoms. The molecule has 0 spiro atoms. The fraction of sp³-hybridized carbons (Fsp3) is 0.174. The number of anilines is 1. The number of benzene rings is 2. The Labute approximate surface area is 169 Å². The maximum atomic E-state index is 13.2. The van der Waals surface area contributed by atoms with Gasteiger partial charge in [0, 0.05) is 6.20 Å². The van der Waals surface area contributed by atoms with Crippen molar-refractivity contribution in [1.82, 2.24) is 10.3 Å². The van der Waals surface area contributed by atoms with Gasteiger partial charge < -0.3 is 10.1 Å². The van der Waals surface area contributed by atoms with Crippen LogP contribution in [-0.4, -0.2) is 23.3 Å². The number of hydrogen-bond donors (Lipinski definition) is 1. The van der Waals surface area contributed by atoms with E-state index in [9.17, 15) is 9.59 Å². The smallest absolute Gasteiger partial charge is 0.264 e. The fourth-order valence-corrected chi connectivity index (χ4v) is 3.33. The molecular formula is C23H21N3O3. The van der Waals surface area contributed by atoms with Crippen molar-refractivity contribution >= 4 is 17.5 Å². The molecule has 2 amide bonds.